The van der Waals surface area contributed by atoms with E-state index < -0.39 is 6.10 Å². The van der Waals surface area contributed by atoms with E-state index in [1.807, 2.05) is 24.3 Å². The van der Waals surface area contributed by atoms with Crippen LogP contribution in [0.4, 0.5) is 0 Å². The van der Waals surface area contributed by atoms with Gasteiger partial charge in [0.1, 0.15) is 5.15 Å². The van der Waals surface area contributed by atoms with Crippen molar-refractivity contribution >= 4 is 28.4 Å². The number of para-hydroxylation sites is 1. The molecular weight excluding hydrogens is 264 g/mol. The summed E-state index contributed by atoms with van der Waals surface area (Å²) in [5.74, 6) is -0.207. The first-order valence-corrected chi connectivity index (χ1v) is 6.47. The summed E-state index contributed by atoms with van der Waals surface area (Å²) in [6.45, 7) is 2.11. The van der Waals surface area contributed by atoms with Crippen molar-refractivity contribution in [1.82, 2.24) is 10.3 Å². The molecule has 0 bridgehead atoms. The van der Waals surface area contributed by atoms with E-state index in [9.17, 15) is 4.79 Å². The Labute approximate surface area is 116 Å². The smallest absolute Gasteiger partial charge is 0.252 e. The van der Waals surface area contributed by atoms with Gasteiger partial charge < -0.3 is 10.4 Å². The number of carbonyl (C=O) groups excluding carboxylic acids is 1. The van der Waals surface area contributed by atoms with Gasteiger partial charge in [-0.1, -0.05) is 29.8 Å². The minimum absolute atomic E-state index is 0.207. The second kappa shape index (κ2) is 5.99. The number of pyridine rings is 1. The fourth-order valence-corrected chi connectivity index (χ4v) is 2.02. The predicted octanol–water partition coefficient (Wildman–Crippen LogP) is 2.39. The van der Waals surface area contributed by atoms with Gasteiger partial charge in [0, 0.05) is 11.9 Å². The third-order valence-corrected chi connectivity index (χ3v) is 2.97. The molecule has 0 aliphatic carbocycles. The number of nitrogens with one attached hydrogen (secondary N) is 1. The number of benzene rings is 1. The first kappa shape index (κ1) is 13.8. The van der Waals surface area contributed by atoms with Crippen molar-refractivity contribution in [2.75, 3.05) is 6.54 Å². The zero-order valence-electron chi connectivity index (χ0n) is 10.6. The van der Waals surface area contributed by atoms with Crippen LogP contribution < -0.4 is 5.32 Å². The standard InChI is InChI=1S/C14H15ClN2O2/c1-9(18)6-7-16-14(19)11-8-13(15)17-12-5-3-2-4-10(11)12/h2-5,8-9,18H,6-7H2,1H3,(H,16,19). The molecule has 1 atom stereocenters. The SMILES string of the molecule is CC(O)CCNC(=O)c1cc(Cl)nc2ccccc12. The van der Waals surface area contributed by atoms with Crippen molar-refractivity contribution in [2.24, 2.45) is 0 Å². The minimum atomic E-state index is -0.432. The summed E-state index contributed by atoms with van der Waals surface area (Å²) in [4.78, 5) is 16.3. The topological polar surface area (TPSA) is 62.2 Å². The van der Waals surface area contributed by atoms with E-state index in [1.54, 1.807) is 13.0 Å². The maximum absolute atomic E-state index is 12.1. The van der Waals surface area contributed by atoms with Gasteiger partial charge in [0.05, 0.1) is 17.2 Å². The molecule has 2 rings (SSSR count). The summed E-state index contributed by atoms with van der Waals surface area (Å²) < 4.78 is 0. The maximum Gasteiger partial charge on any atom is 0.252 e. The molecule has 0 saturated carbocycles. The first-order chi connectivity index (χ1) is 9.08. The van der Waals surface area contributed by atoms with Gasteiger partial charge in [0.2, 0.25) is 0 Å². The number of nitrogens with zero attached hydrogens (tertiary/aromatic N) is 1. The van der Waals surface area contributed by atoms with Crippen LogP contribution in [0.2, 0.25) is 5.15 Å². The number of fused-ring (bicyclic) bond motifs is 1. The van der Waals surface area contributed by atoms with Crippen LogP contribution >= 0.6 is 11.6 Å². The lowest BCUT2D eigenvalue weighted by molar-refractivity contribution is 0.0947. The first-order valence-electron chi connectivity index (χ1n) is 6.09. The van der Waals surface area contributed by atoms with Crippen molar-refractivity contribution in [3.05, 3.63) is 41.0 Å². The van der Waals surface area contributed by atoms with Crippen molar-refractivity contribution in [3.8, 4) is 0 Å². The monoisotopic (exact) mass is 278 g/mol. The third-order valence-electron chi connectivity index (χ3n) is 2.78. The molecule has 0 radical (unpaired) electrons. The Bertz CT molecular complexity index is 599. The number of hydrogen-bond donors (Lipinski definition) is 2. The molecule has 0 aliphatic heterocycles. The number of halogens is 1. The minimum Gasteiger partial charge on any atom is -0.393 e. The van der Waals surface area contributed by atoms with Crippen LogP contribution in [-0.4, -0.2) is 28.6 Å². The van der Waals surface area contributed by atoms with Gasteiger partial charge in [-0.3, -0.25) is 4.79 Å². The van der Waals surface area contributed by atoms with Gasteiger partial charge in [-0.15, -0.1) is 0 Å². The van der Waals surface area contributed by atoms with Crippen LogP contribution in [0.15, 0.2) is 30.3 Å². The van der Waals surface area contributed by atoms with Gasteiger partial charge in [-0.05, 0) is 25.5 Å². The zero-order valence-corrected chi connectivity index (χ0v) is 11.3. The van der Waals surface area contributed by atoms with Crippen LogP contribution in [-0.2, 0) is 0 Å². The Morgan fingerprint density at radius 3 is 2.95 bits per heavy atom. The molecule has 1 unspecified atom stereocenters. The number of aromatic nitrogens is 1. The molecule has 1 heterocycles. The Morgan fingerprint density at radius 2 is 2.21 bits per heavy atom. The van der Waals surface area contributed by atoms with Crippen LogP contribution in [0.25, 0.3) is 10.9 Å². The molecule has 0 fully saturated rings. The highest BCUT2D eigenvalue weighted by atomic mass is 35.5. The maximum atomic E-state index is 12.1. The molecule has 5 heteroatoms. The molecule has 100 valence electrons. The average Bonchev–Trinajstić information content (AvgIpc) is 2.37. The highest BCUT2D eigenvalue weighted by molar-refractivity contribution is 6.30. The second-order valence-corrected chi connectivity index (χ2v) is 4.79. The molecule has 1 aromatic heterocycles. The van der Waals surface area contributed by atoms with Gasteiger partial charge in [0.15, 0.2) is 0 Å². The highest BCUT2D eigenvalue weighted by Crippen LogP contribution is 2.20. The van der Waals surface area contributed by atoms with Crippen LogP contribution in [0, 0.1) is 0 Å². The van der Waals surface area contributed by atoms with Crippen molar-refractivity contribution < 1.29 is 9.90 Å². The van der Waals surface area contributed by atoms with Crippen molar-refractivity contribution in [3.63, 3.8) is 0 Å². The molecule has 1 aromatic carbocycles. The van der Waals surface area contributed by atoms with Crippen LogP contribution in [0.3, 0.4) is 0 Å². The summed E-state index contributed by atoms with van der Waals surface area (Å²) in [6, 6.07) is 8.91. The molecule has 1 amide bonds. The number of amides is 1. The quantitative estimate of drug-likeness (QED) is 0.844. The van der Waals surface area contributed by atoms with Gasteiger partial charge in [0.25, 0.3) is 5.91 Å². The number of hydrogen-bond acceptors (Lipinski definition) is 3. The van der Waals surface area contributed by atoms with Gasteiger partial charge in [-0.2, -0.15) is 0 Å². The normalized spacial score (nSPS) is 12.4. The predicted molar refractivity (Wildman–Crippen MR) is 75.4 cm³/mol. The highest BCUT2D eigenvalue weighted by Gasteiger charge is 2.12. The van der Waals surface area contributed by atoms with E-state index >= 15 is 0 Å². The largest absolute Gasteiger partial charge is 0.393 e. The summed E-state index contributed by atoms with van der Waals surface area (Å²) in [6.07, 6.45) is 0.0840. The lowest BCUT2D eigenvalue weighted by Crippen LogP contribution is -2.26. The van der Waals surface area contributed by atoms with E-state index in [0.717, 1.165) is 5.39 Å². The Balaban J connectivity index is 2.26. The molecule has 2 aromatic rings. The lowest BCUT2D eigenvalue weighted by atomic mass is 10.1. The third kappa shape index (κ3) is 3.43. The fourth-order valence-electron chi connectivity index (χ4n) is 1.82. The Kier molecular flexibility index (Phi) is 4.35. The van der Waals surface area contributed by atoms with Gasteiger partial charge in [-0.25, -0.2) is 4.98 Å². The molecule has 0 aliphatic rings. The molecule has 0 saturated heterocycles. The molecule has 0 spiro atoms. The van der Waals surface area contributed by atoms with E-state index in [2.05, 4.69) is 10.3 Å². The summed E-state index contributed by atoms with van der Waals surface area (Å²) in [5.41, 5.74) is 1.19. The summed E-state index contributed by atoms with van der Waals surface area (Å²) in [7, 11) is 0. The molecule has 19 heavy (non-hydrogen) atoms. The van der Waals surface area contributed by atoms with Gasteiger partial charge >= 0.3 is 0 Å². The molecular formula is C14H15ClN2O2. The Morgan fingerprint density at radius 1 is 1.47 bits per heavy atom. The number of aliphatic hydroxyl groups excluding tert-OH is 1. The van der Waals surface area contributed by atoms with E-state index in [0.29, 0.717) is 29.2 Å². The van der Waals surface area contributed by atoms with Crippen molar-refractivity contribution in [1.29, 1.82) is 0 Å². The molecule has 4 nitrogen and oxygen atoms in total. The summed E-state index contributed by atoms with van der Waals surface area (Å²) >= 11 is 5.92. The fraction of sp³-hybridized carbons (Fsp3) is 0.286. The molecule has 2 N–H and O–H groups in total. The van der Waals surface area contributed by atoms with Crippen molar-refractivity contribution in [2.45, 2.75) is 19.4 Å². The van der Waals surface area contributed by atoms with E-state index in [-0.39, 0.29) is 5.91 Å². The Hall–Kier alpha value is -1.65. The average molecular weight is 279 g/mol. The lowest BCUT2D eigenvalue weighted by Gasteiger charge is -2.09. The van der Waals surface area contributed by atoms with E-state index in [4.69, 9.17) is 16.7 Å². The number of rotatable bonds is 4. The van der Waals surface area contributed by atoms with E-state index in [1.165, 1.54) is 0 Å². The summed E-state index contributed by atoms with van der Waals surface area (Å²) in [5, 5.41) is 13.0. The number of carbonyl (C=O) groups is 1. The zero-order chi connectivity index (χ0) is 13.8. The second-order valence-electron chi connectivity index (χ2n) is 4.40. The van der Waals surface area contributed by atoms with Crippen LogP contribution in [0.5, 0.6) is 0 Å². The van der Waals surface area contributed by atoms with Crippen LogP contribution in [0.1, 0.15) is 23.7 Å². The number of aliphatic hydroxyl groups is 1.